The Hall–Kier alpha value is -1.43. The minimum Gasteiger partial charge on any atom is -0.381 e. The molecule has 6 nitrogen and oxygen atoms in total. The molecular formula is C11H16N2O4. The van der Waals surface area contributed by atoms with Crippen molar-refractivity contribution in [1.82, 2.24) is 10.2 Å². The molecule has 1 N–H and O–H groups in total. The van der Waals surface area contributed by atoms with Crippen LogP contribution in [0.3, 0.4) is 0 Å². The predicted octanol–water partition coefficient (Wildman–Crippen LogP) is -0.713. The Morgan fingerprint density at radius 3 is 2.88 bits per heavy atom. The summed E-state index contributed by atoms with van der Waals surface area (Å²) in [5.74, 6) is -1.14. The number of carbonyl (C=O) groups excluding carboxylic acids is 3. The molecule has 2 aliphatic heterocycles. The number of imide groups is 1. The van der Waals surface area contributed by atoms with Gasteiger partial charge >= 0.3 is 0 Å². The van der Waals surface area contributed by atoms with Gasteiger partial charge in [-0.15, -0.1) is 0 Å². The van der Waals surface area contributed by atoms with E-state index in [1.807, 2.05) is 6.92 Å². The van der Waals surface area contributed by atoms with Gasteiger partial charge in [-0.3, -0.25) is 19.7 Å². The Balaban J connectivity index is 2.12. The Morgan fingerprint density at radius 1 is 1.53 bits per heavy atom. The summed E-state index contributed by atoms with van der Waals surface area (Å²) in [7, 11) is 0. The number of carbonyl (C=O) groups is 3. The van der Waals surface area contributed by atoms with Gasteiger partial charge in [0.1, 0.15) is 12.6 Å². The van der Waals surface area contributed by atoms with Gasteiger partial charge in [-0.2, -0.15) is 0 Å². The van der Waals surface area contributed by atoms with E-state index in [0.717, 1.165) is 0 Å². The second-order valence-corrected chi connectivity index (χ2v) is 4.36. The van der Waals surface area contributed by atoms with Gasteiger partial charge in [-0.05, 0) is 12.8 Å². The average molecular weight is 240 g/mol. The second kappa shape index (κ2) is 4.83. The Morgan fingerprint density at radius 2 is 2.29 bits per heavy atom. The normalized spacial score (nSPS) is 29.4. The number of nitrogens with zero attached hydrogens (tertiary/aromatic N) is 1. The molecule has 6 heteroatoms. The third-order valence-electron chi connectivity index (χ3n) is 3.20. The number of hydrogen-bond donors (Lipinski definition) is 1. The maximum Gasteiger partial charge on any atom is 0.249 e. The molecule has 0 aromatic heterocycles. The van der Waals surface area contributed by atoms with Gasteiger partial charge in [0.25, 0.3) is 0 Å². The second-order valence-electron chi connectivity index (χ2n) is 4.36. The standard InChI is InChI=1S/C11H16N2O4/c1-2-8-10(15)12-9(14)5-13(8)11(16)7-3-4-17-6-7/h7-8H,2-6H2,1H3,(H,12,14,15). The quantitative estimate of drug-likeness (QED) is 0.647. The van der Waals surface area contributed by atoms with Crippen molar-refractivity contribution in [3.63, 3.8) is 0 Å². The number of ether oxygens (including phenoxy) is 1. The maximum atomic E-state index is 12.2. The molecule has 0 aliphatic carbocycles. The average Bonchev–Trinajstić information content (AvgIpc) is 2.80. The van der Waals surface area contributed by atoms with E-state index < -0.39 is 11.9 Å². The van der Waals surface area contributed by atoms with Gasteiger partial charge in [0, 0.05) is 6.61 Å². The van der Waals surface area contributed by atoms with Crippen molar-refractivity contribution >= 4 is 17.7 Å². The van der Waals surface area contributed by atoms with Crippen LogP contribution in [-0.4, -0.2) is 48.4 Å². The molecule has 2 atom stereocenters. The van der Waals surface area contributed by atoms with Crippen molar-refractivity contribution in [3.8, 4) is 0 Å². The van der Waals surface area contributed by atoms with E-state index in [0.29, 0.717) is 26.1 Å². The van der Waals surface area contributed by atoms with E-state index in [1.54, 1.807) is 0 Å². The number of hydrogen-bond acceptors (Lipinski definition) is 4. The first-order valence-corrected chi connectivity index (χ1v) is 5.85. The van der Waals surface area contributed by atoms with Gasteiger partial charge in [-0.25, -0.2) is 0 Å². The molecule has 0 bridgehead atoms. The van der Waals surface area contributed by atoms with Crippen molar-refractivity contribution in [2.45, 2.75) is 25.8 Å². The van der Waals surface area contributed by atoms with Crippen molar-refractivity contribution in [1.29, 1.82) is 0 Å². The fourth-order valence-electron chi connectivity index (χ4n) is 2.27. The Kier molecular flexibility index (Phi) is 3.42. The van der Waals surface area contributed by atoms with Crippen LogP contribution in [0.2, 0.25) is 0 Å². The summed E-state index contributed by atoms with van der Waals surface area (Å²) in [6.07, 6.45) is 1.18. The highest BCUT2D eigenvalue weighted by Crippen LogP contribution is 2.19. The summed E-state index contributed by atoms with van der Waals surface area (Å²) >= 11 is 0. The summed E-state index contributed by atoms with van der Waals surface area (Å²) in [6.45, 7) is 2.76. The van der Waals surface area contributed by atoms with E-state index in [4.69, 9.17) is 4.74 Å². The molecule has 2 heterocycles. The minimum atomic E-state index is -0.527. The van der Waals surface area contributed by atoms with Gasteiger partial charge in [0.15, 0.2) is 0 Å². The lowest BCUT2D eigenvalue weighted by molar-refractivity contribution is -0.152. The van der Waals surface area contributed by atoms with Crippen LogP contribution in [0.4, 0.5) is 0 Å². The van der Waals surface area contributed by atoms with Crippen molar-refractivity contribution < 1.29 is 19.1 Å². The van der Waals surface area contributed by atoms with Gasteiger partial charge in [-0.1, -0.05) is 6.92 Å². The van der Waals surface area contributed by atoms with E-state index >= 15 is 0 Å². The van der Waals surface area contributed by atoms with Gasteiger partial charge in [0.2, 0.25) is 17.7 Å². The van der Waals surface area contributed by atoms with Crippen LogP contribution in [0.15, 0.2) is 0 Å². The summed E-state index contributed by atoms with van der Waals surface area (Å²) < 4.78 is 5.16. The molecule has 17 heavy (non-hydrogen) atoms. The Labute approximate surface area is 99.3 Å². The summed E-state index contributed by atoms with van der Waals surface area (Å²) in [5, 5.41) is 2.25. The third kappa shape index (κ3) is 2.31. The van der Waals surface area contributed by atoms with E-state index in [-0.39, 0.29) is 24.3 Å². The van der Waals surface area contributed by atoms with E-state index in [2.05, 4.69) is 5.32 Å². The molecule has 2 aliphatic rings. The first kappa shape index (κ1) is 12.0. The molecule has 0 aromatic rings. The summed E-state index contributed by atoms with van der Waals surface area (Å²) in [6, 6.07) is -0.527. The predicted molar refractivity (Wildman–Crippen MR) is 57.9 cm³/mol. The largest absolute Gasteiger partial charge is 0.381 e. The molecule has 94 valence electrons. The molecule has 0 aromatic carbocycles. The topological polar surface area (TPSA) is 75.7 Å². The Bertz CT molecular complexity index is 349. The lowest BCUT2D eigenvalue weighted by Crippen LogP contribution is -2.60. The molecule has 2 fully saturated rings. The fraction of sp³-hybridized carbons (Fsp3) is 0.727. The van der Waals surface area contributed by atoms with E-state index in [9.17, 15) is 14.4 Å². The fourth-order valence-corrected chi connectivity index (χ4v) is 2.27. The third-order valence-corrected chi connectivity index (χ3v) is 3.20. The minimum absolute atomic E-state index is 0.0282. The molecule has 0 spiro atoms. The van der Waals surface area contributed by atoms with Crippen LogP contribution >= 0.6 is 0 Å². The molecular weight excluding hydrogens is 224 g/mol. The van der Waals surface area contributed by atoms with Gasteiger partial charge < -0.3 is 9.64 Å². The molecule has 0 saturated carbocycles. The van der Waals surface area contributed by atoms with Crippen molar-refractivity contribution in [2.75, 3.05) is 19.8 Å². The molecule has 3 amide bonds. The van der Waals surface area contributed by atoms with Crippen LogP contribution in [0.5, 0.6) is 0 Å². The monoisotopic (exact) mass is 240 g/mol. The number of nitrogens with one attached hydrogen (secondary N) is 1. The molecule has 2 rings (SSSR count). The van der Waals surface area contributed by atoms with Crippen LogP contribution in [0.25, 0.3) is 0 Å². The lowest BCUT2D eigenvalue weighted by atomic mass is 10.0. The SMILES string of the molecule is CCC1C(=O)NC(=O)CN1C(=O)C1CCOC1. The van der Waals surface area contributed by atoms with Gasteiger partial charge in [0.05, 0.1) is 12.5 Å². The number of amides is 3. The van der Waals surface area contributed by atoms with Crippen LogP contribution in [-0.2, 0) is 19.1 Å². The number of rotatable bonds is 2. The highest BCUT2D eigenvalue weighted by atomic mass is 16.5. The van der Waals surface area contributed by atoms with Crippen LogP contribution in [0, 0.1) is 5.92 Å². The first-order valence-electron chi connectivity index (χ1n) is 5.85. The smallest absolute Gasteiger partial charge is 0.249 e. The summed E-state index contributed by atoms with van der Waals surface area (Å²) in [5.41, 5.74) is 0. The maximum absolute atomic E-state index is 12.2. The van der Waals surface area contributed by atoms with E-state index in [1.165, 1.54) is 4.90 Å². The zero-order chi connectivity index (χ0) is 12.4. The molecule has 2 unspecified atom stereocenters. The lowest BCUT2D eigenvalue weighted by Gasteiger charge is -2.34. The van der Waals surface area contributed by atoms with Crippen molar-refractivity contribution in [2.24, 2.45) is 5.92 Å². The molecule has 2 saturated heterocycles. The molecule has 0 radical (unpaired) electrons. The summed E-state index contributed by atoms with van der Waals surface area (Å²) in [4.78, 5) is 36.5. The van der Waals surface area contributed by atoms with Crippen LogP contribution in [0.1, 0.15) is 19.8 Å². The van der Waals surface area contributed by atoms with Crippen LogP contribution < -0.4 is 5.32 Å². The zero-order valence-electron chi connectivity index (χ0n) is 9.77. The first-order chi connectivity index (χ1) is 8.13. The number of piperazine rings is 1. The highest BCUT2D eigenvalue weighted by Gasteiger charge is 2.39. The highest BCUT2D eigenvalue weighted by molar-refractivity contribution is 6.04. The zero-order valence-corrected chi connectivity index (χ0v) is 9.77. The van der Waals surface area contributed by atoms with Crippen molar-refractivity contribution in [3.05, 3.63) is 0 Å².